The van der Waals surface area contributed by atoms with Crippen LogP contribution in [0.25, 0.3) is 0 Å². The molecule has 0 radical (unpaired) electrons. The number of benzene rings is 1. The largest absolute Gasteiger partial charge is 0.478 e. The van der Waals surface area contributed by atoms with Gasteiger partial charge in [0, 0.05) is 6.42 Å². The first kappa shape index (κ1) is 12.8. The van der Waals surface area contributed by atoms with Crippen molar-refractivity contribution >= 4 is 29.2 Å². The molecule has 0 bridgehead atoms. The van der Waals surface area contributed by atoms with E-state index in [1.165, 1.54) is 18.3 Å². The molecule has 0 unspecified atom stereocenters. The Labute approximate surface area is 113 Å². The van der Waals surface area contributed by atoms with Gasteiger partial charge in [-0.15, -0.1) is 0 Å². The lowest BCUT2D eigenvalue weighted by atomic mass is 10.1. The summed E-state index contributed by atoms with van der Waals surface area (Å²) in [5, 5.41) is 9.35. The van der Waals surface area contributed by atoms with E-state index in [4.69, 9.17) is 28.3 Å². The fourth-order valence-electron chi connectivity index (χ4n) is 1.46. The van der Waals surface area contributed by atoms with Gasteiger partial charge in [0.2, 0.25) is 5.28 Å². The van der Waals surface area contributed by atoms with Crippen molar-refractivity contribution in [3.8, 4) is 0 Å². The SMILES string of the molecule is O=C(O)c1ccc(Cc2nc(Cl)ncc2Cl)cc1. The Morgan fingerprint density at radius 1 is 1.22 bits per heavy atom. The van der Waals surface area contributed by atoms with Crippen LogP contribution >= 0.6 is 23.2 Å². The van der Waals surface area contributed by atoms with Crippen molar-refractivity contribution in [2.24, 2.45) is 0 Å². The normalized spacial score (nSPS) is 10.3. The first-order chi connectivity index (χ1) is 8.56. The standard InChI is InChI=1S/C12H8Cl2N2O2/c13-9-6-15-12(14)16-10(9)5-7-1-3-8(4-2-7)11(17)18/h1-4,6H,5H2,(H,17,18). The molecule has 4 nitrogen and oxygen atoms in total. The topological polar surface area (TPSA) is 63.1 Å². The number of hydrogen-bond donors (Lipinski definition) is 1. The van der Waals surface area contributed by atoms with Gasteiger partial charge in [-0.25, -0.2) is 14.8 Å². The average Bonchev–Trinajstić information content (AvgIpc) is 2.34. The molecule has 6 heteroatoms. The molecule has 18 heavy (non-hydrogen) atoms. The molecular weight excluding hydrogens is 275 g/mol. The van der Waals surface area contributed by atoms with Gasteiger partial charge in [0.25, 0.3) is 0 Å². The van der Waals surface area contributed by atoms with Gasteiger partial charge in [0.1, 0.15) is 0 Å². The number of halogens is 2. The molecule has 0 atom stereocenters. The minimum absolute atomic E-state index is 0.136. The van der Waals surface area contributed by atoms with Crippen LogP contribution in [0.1, 0.15) is 21.6 Å². The Hall–Kier alpha value is -1.65. The molecule has 0 saturated heterocycles. The van der Waals surface area contributed by atoms with Gasteiger partial charge < -0.3 is 5.11 Å². The summed E-state index contributed by atoms with van der Waals surface area (Å²) in [5.74, 6) is -0.954. The summed E-state index contributed by atoms with van der Waals surface area (Å²) in [6.45, 7) is 0. The van der Waals surface area contributed by atoms with E-state index >= 15 is 0 Å². The van der Waals surface area contributed by atoms with Crippen molar-refractivity contribution in [2.45, 2.75) is 6.42 Å². The Morgan fingerprint density at radius 3 is 2.50 bits per heavy atom. The summed E-state index contributed by atoms with van der Waals surface area (Å²) in [6.07, 6.45) is 1.92. The first-order valence-corrected chi connectivity index (χ1v) is 5.81. The highest BCUT2D eigenvalue weighted by Crippen LogP contribution is 2.18. The van der Waals surface area contributed by atoms with Crippen LogP contribution in [0.3, 0.4) is 0 Å². The molecule has 0 aliphatic carbocycles. The van der Waals surface area contributed by atoms with E-state index in [0.717, 1.165) is 5.56 Å². The molecule has 0 spiro atoms. The maximum Gasteiger partial charge on any atom is 0.335 e. The molecule has 2 aromatic rings. The maximum absolute atomic E-state index is 10.7. The average molecular weight is 283 g/mol. The van der Waals surface area contributed by atoms with Crippen LogP contribution < -0.4 is 0 Å². The molecule has 1 heterocycles. The van der Waals surface area contributed by atoms with E-state index < -0.39 is 5.97 Å². The zero-order valence-corrected chi connectivity index (χ0v) is 10.6. The molecule has 0 fully saturated rings. The molecule has 0 aliphatic heterocycles. The highest BCUT2D eigenvalue weighted by atomic mass is 35.5. The smallest absolute Gasteiger partial charge is 0.335 e. The van der Waals surface area contributed by atoms with Gasteiger partial charge in [-0.2, -0.15) is 0 Å². The van der Waals surface area contributed by atoms with Gasteiger partial charge in [-0.1, -0.05) is 23.7 Å². The number of carboxylic acids is 1. The van der Waals surface area contributed by atoms with E-state index in [2.05, 4.69) is 9.97 Å². The summed E-state index contributed by atoms with van der Waals surface area (Å²) in [4.78, 5) is 18.5. The summed E-state index contributed by atoms with van der Waals surface area (Å²) >= 11 is 11.6. The minimum atomic E-state index is -0.954. The second-order valence-electron chi connectivity index (χ2n) is 3.61. The van der Waals surface area contributed by atoms with Gasteiger partial charge in [-0.3, -0.25) is 0 Å². The van der Waals surface area contributed by atoms with Crippen LogP contribution in [0.15, 0.2) is 30.5 Å². The van der Waals surface area contributed by atoms with Crippen molar-refractivity contribution in [1.29, 1.82) is 0 Å². The fraction of sp³-hybridized carbons (Fsp3) is 0.0833. The van der Waals surface area contributed by atoms with Crippen LogP contribution in [-0.4, -0.2) is 21.0 Å². The Balaban J connectivity index is 2.23. The van der Waals surface area contributed by atoms with Crippen molar-refractivity contribution in [3.05, 3.63) is 57.6 Å². The molecule has 1 aromatic heterocycles. The van der Waals surface area contributed by atoms with Crippen LogP contribution in [0, 0.1) is 0 Å². The van der Waals surface area contributed by atoms with Crippen molar-refractivity contribution in [2.75, 3.05) is 0 Å². The molecule has 0 saturated carbocycles. The maximum atomic E-state index is 10.7. The van der Waals surface area contributed by atoms with Crippen LogP contribution in [-0.2, 0) is 6.42 Å². The molecular formula is C12H8Cl2N2O2. The molecule has 1 aromatic carbocycles. The third-order valence-electron chi connectivity index (χ3n) is 2.36. The number of hydrogen-bond acceptors (Lipinski definition) is 3. The lowest BCUT2D eigenvalue weighted by Crippen LogP contribution is -1.98. The lowest BCUT2D eigenvalue weighted by Gasteiger charge is -2.04. The highest BCUT2D eigenvalue weighted by Gasteiger charge is 2.07. The zero-order valence-electron chi connectivity index (χ0n) is 9.10. The molecule has 2 rings (SSSR count). The van der Waals surface area contributed by atoms with E-state index in [1.807, 2.05) is 0 Å². The number of rotatable bonds is 3. The Kier molecular flexibility index (Phi) is 3.79. The Morgan fingerprint density at radius 2 is 1.89 bits per heavy atom. The number of carboxylic acid groups (broad SMARTS) is 1. The summed E-state index contributed by atoms with van der Waals surface area (Å²) in [5.41, 5.74) is 1.75. The summed E-state index contributed by atoms with van der Waals surface area (Å²) in [7, 11) is 0. The summed E-state index contributed by atoms with van der Waals surface area (Å²) in [6, 6.07) is 6.51. The van der Waals surface area contributed by atoms with E-state index in [0.29, 0.717) is 17.1 Å². The van der Waals surface area contributed by atoms with Crippen molar-refractivity contribution in [3.63, 3.8) is 0 Å². The predicted molar refractivity (Wildman–Crippen MR) is 68.3 cm³/mol. The third-order valence-corrected chi connectivity index (χ3v) is 2.86. The quantitative estimate of drug-likeness (QED) is 0.879. The Bertz CT molecular complexity index is 585. The number of aromatic nitrogens is 2. The third kappa shape index (κ3) is 2.97. The van der Waals surface area contributed by atoms with Crippen molar-refractivity contribution < 1.29 is 9.90 Å². The monoisotopic (exact) mass is 282 g/mol. The van der Waals surface area contributed by atoms with E-state index in [9.17, 15) is 4.79 Å². The minimum Gasteiger partial charge on any atom is -0.478 e. The lowest BCUT2D eigenvalue weighted by molar-refractivity contribution is 0.0697. The predicted octanol–water partition coefficient (Wildman–Crippen LogP) is 3.07. The molecule has 0 amide bonds. The van der Waals surface area contributed by atoms with Crippen LogP contribution in [0.2, 0.25) is 10.3 Å². The second-order valence-corrected chi connectivity index (χ2v) is 4.36. The van der Waals surface area contributed by atoms with Crippen LogP contribution in [0.5, 0.6) is 0 Å². The van der Waals surface area contributed by atoms with Gasteiger partial charge in [0.15, 0.2) is 0 Å². The first-order valence-electron chi connectivity index (χ1n) is 5.05. The molecule has 1 N–H and O–H groups in total. The number of aromatic carboxylic acids is 1. The van der Waals surface area contributed by atoms with Gasteiger partial charge >= 0.3 is 5.97 Å². The molecule has 0 aliphatic rings. The molecule has 92 valence electrons. The van der Waals surface area contributed by atoms with Gasteiger partial charge in [-0.05, 0) is 29.3 Å². The van der Waals surface area contributed by atoms with Crippen molar-refractivity contribution in [1.82, 2.24) is 9.97 Å². The van der Waals surface area contributed by atoms with Crippen LogP contribution in [0.4, 0.5) is 0 Å². The fourth-order valence-corrected chi connectivity index (χ4v) is 1.77. The van der Waals surface area contributed by atoms with E-state index in [1.54, 1.807) is 12.1 Å². The zero-order chi connectivity index (χ0) is 13.1. The summed E-state index contributed by atoms with van der Waals surface area (Å²) < 4.78 is 0. The highest BCUT2D eigenvalue weighted by molar-refractivity contribution is 6.31. The van der Waals surface area contributed by atoms with E-state index in [-0.39, 0.29) is 10.8 Å². The number of carbonyl (C=O) groups is 1. The van der Waals surface area contributed by atoms with Gasteiger partial charge in [0.05, 0.1) is 22.5 Å². The number of nitrogens with zero attached hydrogens (tertiary/aromatic N) is 2. The second kappa shape index (κ2) is 5.33.